The van der Waals surface area contributed by atoms with Gasteiger partial charge in [0.2, 0.25) is 0 Å². The fourth-order valence-electron chi connectivity index (χ4n) is 1.32. The molecule has 0 saturated carbocycles. The zero-order valence-corrected chi connectivity index (χ0v) is 10.3. The van der Waals surface area contributed by atoms with Crippen molar-refractivity contribution >= 4 is 23.5 Å². The quantitative estimate of drug-likeness (QED) is 0.795. The minimum absolute atomic E-state index is 0.319. The van der Waals surface area contributed by atoms with E-state index >= 15 is 0 Å². The van der Waals surface area contributed by atoms with Crippen LogP contribution in [0.25, 0.3) is 0 Å². The number of aromatic nitrogens is 2. The van der Waals surface area contributed by atoms with E-state index in [4.69, 9.17) is 0 Å². The molecule has 2 aromatic heterocycles. The van der Waals surface area contributed by atoms with Gasteiger partial charge >= 0.3 is 11.8 Å². The van der Waals surface area contributed by atoms with Gasteiger partial charge in [0.25, 0.3) is 0 Å². The number of amides is 2. The van der Waals surface area contributed by atoms with Gasteiger partial charge in [-0.05, 0) is 30.7 Å². The maximum Gasteiger partial charge on any atom is 0.315 e. The Labute approximate surface area is 109 Å². The van der Waals surface area contributed by atoms with Crippen molar-refractivity contribution in [3.63, 3.8) is 0 Å². The highest BCUT2D eigenvalue weighted by Gasteiger charge is 2.14. The van der Waals surface area contributed by atoms with Crippen molar-refractivity contribution in [3.8, 4) is 0 Å². The second-order valence-corrected chi connectivity index (χ2v) is 3.84. The summed E-state index contributed by atoms with van der Waals surface area (Å²) in [5.74, 6) is -0.936. The number of pyridine rings is 2. The normalized spacial score (nSPS) is 9.74. The van der Waals surface area contributed by atoms with E-state index in [0.29, 0.717) is 11.6 Å². The molecule has 0 aromatic carbocycles. The number of rotatable bonds is 2. The van der Waals surface area contributed by atoms with Gasteiger partial charge in [0.05, 0.1) is 0 Å². The van der Waals surface area contributed by atoms with Crippen LogP contribution in [0.5, 0.6) is 0 Å². The number of aryl methyl sites for hydroxylation is 1. The summed E-state index contributed by atoms with van der Waals surface area (Å²) in [5, 5.41) is 4.78. The second-order valence-electron chi connectivity index (χ2n) is 3.84. The molecule has 2 aromatic rings. The van der Waals surface area contributed by atoms with Gasteiger partial charge < -0.3 is 10.6 Å². The topological polar surface area (TPSA) is 84.0 Å². The van der Waals surface area contributed by atoms with Crippen LogP contribution in [-0.4, -0.2) is 21.8 Å². The van der Waals surface area contributed by atoms with Gasteiger partial charge in [0.15, 0.2) is 0 Å². The number of anilines is 2. The minimum atomic E-state index is -0.791. The number of nitrogens with zero attached hydrogens (tertiary/aromatic N) is 2. The van der Waals surface area contributed by atoms with Crippen molar-refractivity contribution in [3.05, 3.63) is 48.3 Å². The lowest BCUT2D eigenvalue weighted by atomic mass is 10.3. The fourth-order valence-corrected chi connectivity index (χ4v) is 1.32. The zero-order chi connectivity index (χ0) is 13.7. The third-order valence-electron chi connectivity index (χ3n) is 2.27. The van der Waals surface area contributed by atoms with Crippen LogP contribution >= 0.6 is 0 Å². The van der Waals surface area contributed by atoms with Crippen LogP contribution < -0.4 is 10.6 Å². The van der Waals surface area contributed by atoms with Crippen molar-refractivity contribution < 1.29 is 9.59 Å². The standard InChI is InChI=1S/C13H12N4O2/c1-9-5-6-11(15-8-9)17-13(19)12(18)16-10-4-2-3-7-14-10/h2-8H,1H3,(H,14,16,18)(H,15,17,19). The molecule has 0 unspecified atom stereocenters. The third-order valence-corrected chi connectivity index (χ3v) is 2.27. The van der Waals surface area contributed by atoms with Gasteiger partial charge in [-0.1, -0.05) is 12.1 Å². The number of carbonyl (C=O) groups excluding carboxylic acids is 2. The lowest BCUT2D eigenvalue weighted by Gasteiger charge is -2.05. The van der Waals surface area contributed by atoms with Crippen molar-refractivity contribution in [1.29, 1.82) is 0 Å². The largest absolute Gasteiger partial charge is 0.315 e. The molecular weight excluding hydrogens is 244 g/mol. The molecule has 0 bridgehead atoms. The molecule has 0 saturated heterocycles. The summed E-state index contributed by atoms with van der Waals surface area (Å²) in [6.07, 6.45) is 3.13. The molecule has 6 nitrogen and oxygen atoms in total. The van der Waals surface area contributed by atoms with E-state index in [1.165, 1.54) is 6.20 Å². The minimum Gasteiger partial charge on any atom is -0.302 e. The van der Waals surface area contributed by atoms with Gasteiger partial charge in [-0.25, -0.2) is 9.97 Å². The molecule has 0 aliphatic rings. The summed E-state index contributed by atoms with van der Waals surface area (Å²) in [6.45, 7) is 1.88. The number of carbonyl (C=O) groups is 2. The summed E-state index contributed by atoms with van der Waals surface area (Å²) in [5.41, 5.74) is 0.968. The second kappa shape index (κ2) is 5.72. The maximum atomic E-state index is 11.6. The SMILES string of the molecule is Cc1ccc(NC(=O)C(=O)Nc2ccccn2)nc1. The van der Waals surface area contributed by atoms with Crippen molar-refractivity contribution in [1.82, 2.24) is 9.97 Å². The molecule has 0 radical (unpaired) electrons. The summed E-state index contributed by atoms with van der Waals surface area (Å²) in [4.78, 5) is 31.1. The molecule has 6 heteroatoms. The first-order valence-corrected chi connectivity index (χ1v) is 5.61. The van der Waals surface area contributed by atoms with E-state index in [9.17, 15) is 9.59 Å². The lowest BCUT2D eigenvalue weighted by molar-refractivity contribution is -0.133. The van der Waals surface area contributed by atoms with E-state index in [0.717, 1.165) is 5.56 Å². The van der Waals surface area contributed by atoms with E-state index < -0.39 is 11.8 Å². The maximum absolute atomic E-state index is 11.6. The van der Waals surface area contributed by atoms with Crippen LogP contribution in [0.3, 0.4) is 0 Å². The molecule has 0 spiro atoms. The van der Waals surface area contributed by atoms with Crippen LogP contribution in [0, 0.1) is 6.92 Å². The first kappa shape index (κ1) is 12.7. The molecule has 0 atom stereocenters. The average molecular weight is 256 g/mol. The summed E-state index contributed by atoms with van der Waals surface area (Å²) >= 11 is 0. The molecule has 2 N–H and O–H groups in total. The summed E-state index contributed by atoms with van der Waals surface area (Å²) in [6, 6.07) is 8.43. The van der Waals surface area contributed by atoms with E-state index in [2.05, 4.69) is 20.6 Å². The molecule has 19 heavy (non-hydrogen) atoms. The summed E-state index contributed by atoms with van der Waals surface area (Å²) < 4.78 is 0. The molecule has 0 aliphatic heterocycles. The monoisotopic (exact) mass is 256 g/mol. The Balaban J connectivity index is 1.96. The fraction of sp³-hybridized carbons (Fsp3) is 0.0769. The first-order chi connectivity index (χ1) is 9.15. The van der Waals surface area contributed by atoms with Gasteiger partial charge in [0.1, 0.15) is 11.6 Å². The van der Waals surface area contributed by atoms with E-state index in [-0.39, 0.29) is 0 Å². The first-order valence-electron chi connectivity index (χ1n) is 5.61. The molecule has 2 heterocycles. The molecular formula is C13H12N4O2. The van der Waals surface area contributed by atoms with Gasteiger partial charge in [-0.2, -0.15) is 0 Å². The Kier molecular flexibility index (Phi) is 3.82. The van der Waals surface area contributed by atoms with Gasteiger partial charge in [-0.15, -0.1) is 0 Å². The van der Waals surface area contributed by atoms with Crippen molar-refractivity contribution in [2.24, 2.45) is 0 Å². The lowest BCUT2D eigenvalue weighted by Crippen LogP contribution is -2.29. The van der Waals surface area contributed by atoms with Crippen LogP contribution in [0.2, 0.25) is 0 Å². The van der Waals surface area contributed by atoms with Gasteiger partial charge in [0, 0.05) is 12.4 Å². The van der Waals surface area contributed by atoms with Crippen molar-refractivity contribution in [2.45, 2.75) is 6.92 Å². The summed E-state index contributed by atoms with van der Waals surface area (Å²) in [7, 11) is 0. The molecule has 96 valence electrons. The van der Waals surface area contributed by atoms with Crippen LogP contribution in [-0.2, 0) is 9.59 Å². The van der Waals surface area contributed by atoms with E-state index in [1.807, 2.05) is 6.92 Å². The highest BCUT2D eigenvalue weighted by atomic mass is 16.2. The Morgan fingerprint density at radius 1 is 0.947 bits per heavy atom. The predicted molar refractivity (Wildman–Crippen MR) is 70.5 cm³/mol. The van der Waals surface area contributed by atoms with Crippen LogP contribution in [0.4, 0.5) is 11.6 Å². The Morgan fingerprint density at radius 3 is 2.16 bits per heavy atom. The van der Waals surface area contributed by atoms with E-state index in [1.54, 1.807) is 36.5 Å². The van der Waals surface area contributed by atoms with Gasteiger partial charge in [-0.3, -0.25) is 9.59 Å². The number of nitrogens with one attached hydrogen (secondary N) is 2. The number of hydrogen-bond donors (Lipinski definition) is 2. The Hall–Kier alpha value is -2.76. The van der Waals surface area contributed by atoms with Crippen LogP contribution in [0.15, 0.2) is 42.7 Å². The zero-order valence-electron chi connectivity index (χ0n) is 10.3. The number of hydrogen-bond acceptors (Lipinski definition) is 4. The van der Waals surface area contributed by atoms with Crippen LogP contribution in [0.1, 0.15) is 5.56 Å². The average Bonchev–Trinajstić information content (AvgIpc) is 2.42. The molecule has 2 amide bonds. The molecule has 0 fully saturated rings. The Morgan fingerprint density at radius 2 is 1.63 bits per heavy atom. The van der Waals surface area contributed by atoms with Crippen molar-refractivity contribution in [2.75, 3.05) is 10.6 Å². The molecule has 2 rings (SSSR count). The highest BCUT2D eigenvalue weighted by Crippen LogP contribution is 2.04. The predicted octanol–water partition coefficient (Wildman–Crippen LogP) is 1.36. The smallest absolute Gasteiger partial charge is 0.302 e. The molecule has 0 aliphatic carbocycles. The highest BCUT2D eigenvalue weighted by molar-refractivity contribution is 6.43. The Bertz CT molecular complexity index is 581. The third kappa shape index (κ3) is 3.60.